The molecule has 0 aromatic heterocycles. The molecule has 2 nitrogen and oxygen atoms in total. The van der Waals surface area contributed by atoms with Crippen molar-refractivity contribution in [2.45, 2.75) is 25.9 Å². The van der Waals surface area contributed by atoms with E-state index >= 15 is 0 Å². The summed E-state index contributed by atoms with van der Waals surface area (Å²) < 4.78 is 1.16. The standard InChI is InChI=1S/C14H21BrN2/c1-11-6-7-16-14(11)10-17(2)9-12-4-3-5-13(15)8-12/h3-5,8,11,14,16H,6-7,9-10H2,1-2H3. The number of nitrogens with one attached hydrogen (secondary N) is 1. The van der Waals surface area contributed by atoms with Crippen LogP contribution in [0, 0.1) is 5.92 Å². The molecule has 3 heteroatoms. The Morgan fingerprint density at radius 3 is 2.94 bits per heavy atom. The van der Waals surface area contributed by atoms with E-state index in [0.717, 1.165) is 23.5 Å². The van der Waals surface area contributed by atoms with Crippen molar-refractivity contribution in [3.63, 3.8) is 0 Å². The number of benzene rings is 1. The monoisotopic (exact) mass is 296 g/mol. The maximum absolute atomic E-state index is 3.58. The number of rotatable bonds is 4. The molecule has 1 aliphatic rings. The third kappa shape index (κ3) is 3.80. The van der Waals surface area contributed by atoms with E-state index in [2.05, 4.69) is 64.4 Å². The van der Waals surface area contributed by atoms with Crippen molar-refractivity contribution in [1.29, 1.82) is 0 Å². The van der Waals surface area contributed by atoms with E-state index in [1.165, 1.54) is 18.5 Å². The summed E-state index contributed by atoms with van der Waals surface area (Å²) in [6, 6.07) is 9.22. The molecule has 1 fully saturated rings. The minimum absolute atomic E-state index is 0.659. The van der Waals surface area contributed by atoms with Gasteiger partial charge in [-0.1, -0.05) is 35.0 Å². The van der Waals surface area contributed by atoms with Gasteiger partial charge in [0, 0.05) is 23.6 Å². The minimum Gasteiger partial charge on any atom is -0.312 e. The average molecular weight is 297 g/mol. The highest BCUT2D eigenvalue weighted by Gasteiger charge is 2.23. The molecule has 1 heterocycles. The molecule has 1 N–H and O–H groups in total. The van der Waals surface area contributed by atoms with Gasteiger partial charge in [-0.25, -0.2) is 0 Å². The van der Waals surface area contributed by atoms with Crippen LogP contribution in [0.15, 0.2) is 28.7 Å². The Bertz CT molecular complexity index is 367. The normalized spacial score (nSPS) is 24.5. The molecule has 0 spiro atoms. The number of hydrogen-bond donors (Lipinski definition) is 1. The van der Waals surface area contributed by atoms with Gasteiger partial charge in [0.2, 0.25) is 0 Å². The molecule has 1 aliphatic heterocycles. The lowest BCUT2D eigenvalue weighted by Gasteiger charge is -2.24. The lowest BCUT2D eigenvalue weighted by atomic mass is 10.0. The van der Waals surface area contributed by atoms with E-state index in [9.17, 15) is 0 Å². The molecule has 0 amide bonds. The van der Waals surface area contributed by atoms with Crippen LogP contribution in [0.4, 0.5) is 0 Å². The maximum Gasteiger partial charge on any atom is 0.0231 e. The Hall–Kier alpha value is -0.380. The van der Waals surface area contributed by atoms with Crippen LogP contribution < -0.4 is 5.32 Å². The summed E-state index contributed by atoms with van der Waals surface area (Å²) in [5.41, 5.74) is 1.37. The molecular formula is C14H21BrN2. The molecule has 0 bridgehead atoms. The van der Waals surface area contributed by atoms with E-state index in [4.69, 9.17) is 0 Å². The number of hydrogen-bond acceptors (Lipinski definition) is 2. The van der Waals surface area contributed by atoms with Crippen LogP contribution in [-0.2, 0) is 6.54 Å². The van der Waals surface area contributed by atoms with Gasteiger partial charge in [-0.15, -0.1) is 0 Å². The van der Waals surface area contributed by atoms with Gasteiger partial charge >= 0.3 is 0 Å². The van der Waals surface area contributed by atoms with Gasteiger partial charge < -0.3 is 10.2 Å². The van der Waals surface area contributed by atoms with Crippen LogP contribution in [0.5, 0.6) is 0 Å². The third-order valence-electron chi connectivity index (χ3n) is 3.54. The van der Waals surface area contributed by atoms with E-state index in [1.54, 1.807) is 0 Å². The van der Waals surface area contributed by atoms with E-state index in [-0.39, 0.29) is 0 Å². The molecule has 94 valence electrons. The molecule has 17 heavy (non-hydrogen) atoms. The highest BCUT2D eigenvalue weighted by molar-refractivity contribution is 9.10. The van der Waals surface area contributed by atoms with Gasteiger partial charge in [-0.3, -0.25) is 0 Å². The van der Waals surface area contributed by atoms with Gasteiger partial charge in [0.25, 0.3) is 0 Å². The SMILES string of the molecule is CC1CCNC1CN(C)Cc1cccc(Br)c1. The number of halogens is 1. The van der Waals surface area contributed by atoms with Crippen LogP contribution in [0.3, 0.4) is 0 Å². The Labute approximate surface area is 113 Å². The van der Waals surface area contributed by atoms with Crippen molar-refractivity contribution in [2.24, 2.45) is 5.92 Å². The van der Waals surface area contributed by atoms with Gasteiger partial charge in [0.05, 0.1) is 0 Å². The number of nitrogens with zero attached hydrogens (tertiary/aromatic N) is 1. The fourth-order valence-electron chi connectivity index (χ4n) is 2.49. The van der Waals surface area contributed by atoms with E-state index in [0.29, 0.717) is 6.04 Å². The molecule has 2 unspecified atom stereocenters. The van der Waals surface area contributed by atoms with E-state index < -0.39 is 0 Å². The second-order valence-electron chi connectivity index (χ2n) is 5.15. The van der Waals surface area contributed by atoms with Crippen molar-refractivity contribution in [3.8, 4) is 0 Å². The quantitative estimate of drug-likeness (QED) is 0.919. The molecule has 2 rings (SSSR count). The van der Waals surface area contributed by atoms with Gasteiger partial charge in [-0.2, -0.15) is 0 Å². The summed E-state index contributed by atoms with van der Waals surface area (Å²) in [5.74, 6) is 0.806. The largest absolute Gasteiger partial charge is 0.312 e. The summed E-state index contributed by atoms with van der Waals surface area (Å²) >= 11 is 3.52. The average Bonchev–Trinajstić information content (AvgIpc) is 2.64. The lowest BCUT2D eigenvalue weighted by molar-refractivity contribution is 0.271. The van der Waals surface area contributed by atoms with Gasteiger partial charge in [-0.05, 0) is 43.6 Å². The van der Waals surface area contributed by atoms with Crippen LogP contribution in [0.2, 0.25) is 0 Å². The molecule has 0 saturated carbocycles. The fourth-order valence-corrected chi connectivity index (χ4v) is 2.94. The third-order valence-corrected chi connectivity index (χ3v) is 4.04. The molecule has 0 radical (unpaired) electrons. The van der Waals surface area contributed by atoms with Crippen molar-refractivity contribution in [3.05, 3.63) is 34.3 Å². The van der Waals surface area contributed by atoms with Crippen molar-refractivity contribution < 1.29 is 0 Å². The zero-order valence-electron chi connectivity index (χ0n) is 10.6. The minimum atomic E-state index is 0.659. The van der Waals surface area contributed by atoms with E-state index in [1.807, 2.05) is 0 Å². The first-order valence-corrected chi connectivity index (χ1v) is 7.11. The first-order valence-electron chi connectivity index (χ1n) is 6.31. The highest BCUT2D eigenvalue weighted by atomic mass is 79.9. The Morgan fingerprint density at radius 2 is 2.29 bits per heavy atom. The Balaban J connectivity index is 1.86. The maximum atomic E-state index is 3.58. The van der Waals surface area contributed by atoms with Crippen molar-refractivity contribution in [2.75, 3.05) is 20.1 Å². The second kappa shape index (κ2) is 5.98. The molecule has 1 aromatic carbocycles. The van der Waals surface area contributed by atoms with Crippen LogP contribution in [0.25, 0.3) is 0 Å². The fraction of sp³-hybridized carbons (Fsp3) is 0.571. The Kier molecular flexibility index (Phi) is 4.60. The summed E-state index contributed by atoms with van der Waals surface area (Å²) in [6.07, 6.45) is 1.31. The molecular weight excluding hydrogens is 276 g/mol. The summed E-state index contributed by atoms with van der Waals surface area (Å²) in [7, 11) is 2.20. The van der Waals surface area contributed by atoms with Crippen LogP contribution in [-0.4, -0.2) is 31.1 Å². The zero-order chi connectivity index (χ0) is 12.3. The van der Waals surface area contributed by atoms with Crippen LogP contribution in [0.1, 0.15) is 18.9 Å². The topological polar surface area (TPSA) is 15.3 Å². The highest BCUT2D eigenvalue weighted by Crippen LogP contribution is 2.17. The Morgan fingerprint density at radius 1 is 1.47 bits per heavy atom. The smallest absolute Gasteiger partial charge is 0.0231 e. The summed E-state index contributed by atoms with van der Waals surface area (Å²) in [5, 5.41) is 3.58. The zero-order valence-corrected chi connectivity index (χ0v) is 12.2. The number of likely N-dealkylation sites (N-methyl/N-ethyl adjacent to an activating group) is 1. The van der Waals surface area contributed by atoms with Crippen molar-refractivity contribution in [1.82, 2.24) is 10.2 Å². The molecule has 1 saturated heterocycles. The summed E-state index contributed by atoms with van der Waals surface area (Å²) in [6.45, 7) is 5.67. The van der Waals surface area contributed by atoms with Crippen molar-refractivity contribution >= 4 is 15.9 Å². The van der Waals surface area contributed by atoms with Gasteiger partial charge in [0.15, 0.2) is 0 Å². The molecule has 2 atom stereocenters. The predicted octanol–water partition coefficient (Wildman–Crippen LogP) is 2.88. The molecule has 1 aromatic rings. The van der Waals surface area contributed by atoms with Gasteiger partial charge in [0.1, 0.15) is 0 Å². The first-order chi connectivity index (χ1) is 8.15. The second-order valence-corrected chi connectivity index (χ2v) is 6.07. The van der Waals surface area contributed by atoms with Crippen LogP contribution >= 0.6 is 15.9 Å². The lowest BCUT2D eigenvalue weighted by Crippen LogP contribution is -2.37. The summed E-state index contributed by atoms with van der Waals surface area (Å²) in [4.78, 5) is 2.40. The first kappa shape index (κ1) is 13.1. The molecule has 0 aliphatic carbocycles. The predicted molar refractivity (Wildman–Crippen MR) is 76.0 cm³/mol.